The summed E-state index contributed by atoms with van der Waals surface area (Å²) in [7, 11) is 2.14. The number of benzene rings is 1. The monoisotopic (exact) mass is 269 g/mol. The first-order valence-corrected chi connectivity index (χ1v) is 7.06. The second-order valence-electron chi connectivity index (χ2n) is 5.25. The topological polar surface area (TPSA) is 42.1 Å². The molecule has 0 aliphatic carbocycles. The van der Waals surface area contributed by atoms with E-state index in [-0.39, 0.29) is 6.04 Å². The molecule has 2 N–H and O–H groups in total. The van der Waals surface area contributed by atoms with E-state index in [1.54, 1.807) is 0 Å². The molecule has 0 aliphatic rings. The molecule has 1 atom stereocenters. The van der Waals surface area contributed by atoms with Gasteiger partial charge in [0.05, 0.1) is 0 Å². The van der Waals surface area contributed by atoms with Gasteiger partial charge in [-0.1, -0.05) is 29.8 Å². The predicted molar refractivity (Wildman–Crippen MR) is 83.5 cm³/mol. The number of pyridine rings is 1. The molecule has 1 aromatic heterocycles. The molecule has 0 aliphatic heterocycles. The Morgan fingerprint density at radius 3 is 2.60 bits per heavy atom. The van der Waals surface area contributed by atoms with Crippen molar-refractivity contribution in [1.29, 1.82) is 0 Å². The molecule has 1 heterocycles. The molecular weight excluding hydrogens is 246 g/mol. The third-order valence-corrected chi connectivity index (χ3v) is 3.68. The van der Waals surface area contributed by atoms with Crippen molar-refractivity contribution in [2.24, 2.45) is 5.73 Å². The van der Waals surface area contributed by atoms with Crippen LogP contribution in [0.25, 0.3) is 0 Å². The van der Waals surface area contributed by atoms with Crippen LogP contribution in [0.15, 0.2) is 48.8 Å². The molecule has 0 saturated carbocycles. The van der Waals surface area contributed by atoms with Crippen LogP contribution in [0, 0.1) is 6.92 Å². The van der Waals surface area contributed by atoms with E-state index >= 15 is 0 Å². The Balaban J connectivity index is 2.00. The van der Waals surface area contributed by atoms with Crippen LogP contribution >= 0.6 is 0 Å². The lowest BCUT2D eigenvalue weighted by molar-refractivity contribution is 0.253. The molecule has 0 bridgehead atoms. The molecule has 20 heavy (non-hydrogen) atoms. The molecule has 0 amide bonds. The quantitative estimate of drug-likeness (QED) is 0.876. The Labute approximate surface area is 121 Å². The van der Waals surface area contributed by atoms with Gasteiger partial charge in [0.1, 0.15) is 0 Å². The van der Waals surface area contributed by atoms with Crippen molar-refractivity contribution in [3.8, 4) is 0 Å². The van der Waals surface area contributed by atoms with Crippen LogP contribution in [-0.2, 0) is 6.42 Å². The van der Waals surface area contributed by atoms with E-state index < -0.39 is 0 Å². The van der Waals surface area contributed by atoms with Crippen LogP contribution in [0.5, 0.6) is 0 Å². The first kappa shape index (κ1) is 14.7. The standard InChI is InChI=1S/C17H23N3/c1-14-4-3-5-16(12-14)17(13-18)20(2)11-8-15-6-9-19-10-7-15/h3-7,9-10,12,17H,8,11,13,18H2,1-2H3. The summed E-state index contributed by atoms with van der Waals surface area (Å²) < 4.78 is 0. The van der Waals surface area contributed by atoms with Crippen molar-refractivity contribution in [1.82, 2.24) is 9.88 Å². The normalized spacial score (nSPS) is 12.6. The highest BCUT2D eigenvalue weighted by Gasteiger charge is 2.15. The van der Waals surface area contributed by atoms with Crippen molar-refractivity contribution in [3.05, 3.63) is 65.5 Å². The largest absolute Gasteiger partial charge is 0.329 e. The fourth-order valence-corrected chi connectivity index (χ4v) is 2.46. The Kier molecular flexibility index (Phi) is 5.27. The summed E-state index contributed by atoms with van der Waals surface area (Å²) in [5.74, 6) is 0. The second kappa shape index (κ2) is 7.17. The zero-order valence-corrected chi connectivity index (χ0v) is 12.3. The molecule has 0 spiro atoms. The van der Waals surface area contributed by atoms with Gasteiger partial charge < -0.3 is 5.73 Å². The highest BCUT2D eigenvalue weighted by Crippen LogP contribution is 2.19. The van der Waals surface area contributed by atoms with Gasteiger partial charge in [0.25, 0.3) is 0 Å². The molecule has 106 valence electrons. The summed E-state index contributed by atoms with van der Waals surface area (Å²) in [6.07, 6.45) is 4.70. The minimum absolute atomic E-state index is 0.275. The summed E-state index contributed by atoms with van der Waals surface area (Å²) in [4.78, 5) is 6.38. The first-order chi connectivity index (χ1) is 9.70. The maximum atomic E-state index is 5.97. The van der Waals surface area contributed by atoms with Crippen LogP contribution < -0.4 is 5.73 Å². The molecule has 1 unspecified atom stereocenters. The van der Waals surface area contributed by atoms with Gasteiger partial charge in [-0.3, -0.25) is 9.88 Å². The average Bonchev–Trinajstić information content (AvgIpc) is 2.47. The number of aryl methyl sites for hydroxylation is 1. The van der Waals surface area contributed by atoms with Gasteiger partial charge in [-0.2, -0.15) is 0 Å². The van der Waals surface area contributed by atoms with Crippen molar-refractivity contribution < 1.29 is 0 Å². The second-order valence-corrected chi connectivity index (χ2v) is 5.25. The van der Waals surface area contributed by atoms with Gasteiger partial charge in [0.15, 0.2) is 0 Å². The van der Waals surface area contributed by atoms with Gasteiger partial charge in [0, 0.05) is 31.5 Å². The zero-order chi connectivity index (χ0) is 14.4. The highest BCUT2D eigenvalue weighted by molar-refractivity contribution is 5.25. The summed E-state index contributed by atoms with van der Waals surface area (Å²) in [6, 6.07) is 13.0. The van der Waals surface area contributed by atoms with Gasteiger partial charge in [-0.15, -0.1) is 0 Å². The van der Waals surface area contributed by atoms with Crippen molar-refractivity contribution >= 4 is 0 Å². The number of aromatic nitrogens is 1. The average molecular weight is 269 g/mol. The van der Waals surface area contributed by atoms with Crippen molar-refractivity contribution in [2.45, 2.75) is 19.4 Å². The van der Waals surface area contributed by atoms with Crippen LogP contribution in [0.2, 0.25) is 0 Å². The van der Waals surface area contributed by atoms with E-state index in [1.807, 2.05) is 12.4 Å². The minimum Gasteiger partial charge on any atom is -0.329 e. The summed E-state index contributed by atoms with van der Waals surface area (Å²) in [6.45, 7) is 3.74. The van der Waals surface area contributed by atoms with Gasteiger partial charge in [0.2, 0.25) is 0 Å². The zero-order valence-electron chi connectivity index (χ0n) is 12.3. The van der Waals surface area contributed by atoms with Crippen LogP contribution in [0.3, 0.4) is 0 Å². The van der Waals surface area contributed by atoms with E-state index in [1.165, 1.54) is 16.7 Å². The summed E-state index contributed by atoms with van der Waals surface area (Å²) in [5, 5.41) is 0. The van der Waals surface area contributed by atoms with E-state index in [0.29, 0.717) is 6.54 Å². The Morgan fingerprint density at radius 2 is 1.95 bits per heavy atom. The third kappa shape index (κ3) is 3.89. The molecule has 3 heteroatoms. The maximum Gasteiger partial charge on any atom is 0.0467 e. The number of nitrogens with two attached hydrogens (primary N) is 1. The van der Waals surface area contributed by atoms with Gasteiger partial charge in [-0.25, -0.2) is 0 Å². The van der Waals surface area contributed by atoms with E-state index in [9.17, 15) is 0 Å². The lowest BCUT2D eigenvalue weighted by atomic mass is 10.0. The van der Waals surface area contributed by atoms with Crippen molar-refractivity contribution in [2.75, 3.05) is 20.1 Å². The number of hydrogen-bond acceptors (Lipinski definition) is 3. The molecule has 0 radical (unpaired) electrons. The van der Waals surface area contributed by atoms with Gasteiger partial charge >= 0.3 is 0 Å². The van der Waals surface area contributed by atoms with E-state index in [2.05, 4.69) is 60.3 Å². The predicted octanol–water partition coefficient (Wildman–Crippen LogP) is 2.56. The lowest BCUT2D eigenvalue weighted by Gasteiger charge is -2.27. The Bertz CT molecular complexity index is 525. The van der Waals surface area contributed by atoms with Crippen LogP contribution in [0.4, 0.5) is 0 Å². The van der Waals surface area contributed by atoms with Crippen LogP contribution in [0.1, 0.15) is 22.7 Å². The van der Waals surface area contributed by atoms with Crippen molar-refractivity contribution in [3.63, 3.8) is 0 Å². The fraction of sp³-hybridized carbons (Fsp3) is 0.353. The number of hydrogen-bond donors (Lipinski definition) is 1. The first-order valence-electron chi connectivity index (χ1n) is 7.06. The van der Waals surface area contributed by atoms with E-state index in [4.69, 9.17) is 5.73 Å². The molecule has 0 saturated heterocycles. The molecule has 3 nitrogen and oxygen atoms in total. The van der Waals surface area contributed by atoms with Crippen LogP contribution in [-0.4, -0.2) is 30.0 Å². The highest BCUT2D eigenvalue weighted by atomic mass is 15.1. The molecule has 1 aromatic carbocycles. The molecular formula is C17H23N3. The third-order valence-electron chi connectivity index (χ3n) is 3.68. The fourth-order valence-electron chi connectivity index (χ4n) is 2.46. The minimum atomic E-state index is 0.275. The molecule has 2 rings (SSSR count). The lowest BCUT2D eigenvalue weighted by Crippen LogP contribution is -2.32. The smallest absolute Gasteiger partial charge is 0.0467 e. The number of likely N-dealkylation sites (N-methyl/N-ethyl adjacent to an activating group) is 1. The number of rotatable bonds is 6. The van der Waals surface area contributed by atoms with Gasteiger partial charge in [-0.05, 0) is 43.7 Å². The summed E-state index contributed by atoms with van der Waals surface area (Å²) in [5.41, 5.74) is 9.86. The summed E-state index contributed by atoms with van der Waals surface area (Å²) >= 11 is 0. The maximum absolute atomic E-state index is 5.97. The number of nitrogens with zero attached hydrogens (tertiary/aromatic N) is 2. The molecule has 0 fully saturated rings. The Morgan fingerprint density at radius 1 is 1.20 bits per heavy atom. The van der Waals surface area contributed by atoms with E-state index in [0.717, 1.165) is 13.0 Å². The SMILES string of the molecule is Cc1cccc(C(CN)N(C)CCc2ccncc2)c1. The molecule has 2 aromatic rings. The Hall–Kier alpha value is -1.71.